The Hall–Kier alpha value is -3.51. The number of carboxylic acid groups (broad SMARTS) is 1. The lowest BCUT2D eigenvalue weighted by Crippen LogP contribution is -2.10. The van der Waals surface area contributed by atoms with Crippen LogP contribution in [0.3, 0.4) is 0 Å². The summed E-state index contributed by atoms with van der Waals surface area (Å²) in [4.78, 5) is 15.9. The third kappa shape index (κ3) is 4.27. The Balaban J connectivity index is 1.91. The summed E-state index contributed by atoms with van der Waals surface area (Å²) in [7, 11) is -3.28. The Labute approximate surface area is 187 Å². The quantitative estimate of drug-likeness (QED) is 0.408. The van der Waals surface area contributed by atoms with E-state index in [-0.39, 0.29) is 5.56 Å². The Morgan fingerprint density at radius 1 is 0.938 bits per heavy atom. The number of nitrogens with zero attached hydrogens (tertiary/aromatic N) is 1. The lowest BCUT2D eigenvalue weighted by molar-refractivity contribution is 0.0697. The summed E-state index contributed by atoms with van der Waals surface area (Å²) in [5, 5.41) is 9.60. The molecule has 0 saturated carbocycles. The van der Waals surface area contributed by atoms with Gasteiger partial charge >= 0.3 is 5.97 Å². The standard InChI is InChI=1S/C26H23NO4S/c1-3-24(32(2,30)31)22-15-20-11-6-12-27-25(20)23(16-22)19-9-4-7-17(13-19)18-8-5-10-21(14-18)26(28)29/h4-16,24H,3H2,1-2H3,(H,28,29). The van der Waals surface area contributed by atoms with Crippen molar-refractivity contribution in [2.75, 3.05) is 6.26 Å². The second-order valence-corrected chi connectivity index (χ2v) is 10.1. The molecular weight excluding hydrogens is 422 g/mol. The maximum absolute atomic E-state index is 12.4. The van der Waals surface area contributed by atoms with Crippen molar-refractivity contribution < 1.29 is 18.3 Å². The van der Waals surface area contributed by atoms with E-state index in [1.165, 1.54) is 6.26 Å². The van der Waals surface area contributed by atoms with E-state index in [4.69, 9.17) is 0 Å². The van der Waals surface area contributed by atoms with Crippen LogP contribution in [0.15, 0.2) is 79.0 Å². The fraction of sp³-hybridized carbons (Fsp3) is 0.154. The van der Waals surface area contributed by atoms with Gasteiger partial charge in [-0.15, -0.1) is 0 Å². The third-order valence-electron chi connectivity index (χ3n) is 5.60. The first-order chi connectivity index (χ1) is 15.3. The van der Waals surface area contributed by atoms with Crippen LogP contribution >= 0.6 is 0 Å². The molecule has 0 radical (unpaired) electrons. The number of aromatic carboxylic acids is 1. The summed E-state index contributed by atoms with van der Waals surface area (Å²) >= 11 is 0. The average molecular weight is 446 g/mol. The molecule has 32 heavy (non-hydrogen) atoms. The van der Waals surface area contributed by atoms with Crippen LogP contribution in [0.25, 0.3) is 33.2 Å². The summed E-state index contributed by atoms with van der Waals surface area (Å²) in [5.74, 6) is -0.975. The number of carbonyl (C=O) groups is 1. The smallest absolute Gasteiger partial charge is 0.335 e. The predicted octanol–water partition coefficient (Wildman–Crippen LogP) is 5.76. The normalized spacial score (nSPS) is 12.6. The molecule has 0 saturated heterocycles. The van der Waals surface area contributed by atoms with Gasteiger partial charge in [0.15, 0.2) is 9.84 Å². The Kier molecular flexibility index (Phi) is 5.80. The zero-order valence-electron chi connectivity index (χ0n) is 17.8. The fourth-order valence-electron chi connectivity index (χ4n) is 4.11. The van der Waals surface area contributed by atoms with Crippen molar-refractivity contribution in [3.63, 3.8) is 0 Å². The first-order valence-corrected chi connectivity index (χ1v) is 12.2. The second kappa shape index (κ2) is 8.55. The van der Waals surface area contributed by atoms with E-state index < -0.39 is 21.1 Å². The molecule has 1 aromatic heterocycles. The summed E-state index contributed by atoms with van der Waals surface area (Å²) in [6.45, 7) is 1.87. The lowest BCUT2D eigenvalue weighted by Gasteiger charge is -2.17. The van der Waals surface area contributed by atoms with Gasteiger partial charge in [-0.1, -0.05) is 43.3 Å². The highest BCUT2D eigenvalue weighted by molar-refractivity contribution is 7.90. The number of aromatic nitrogens is 1. The van der Waals surface area contributed by atoms with Crippen molar-refractivity contribution in [3.05, 3.63) is 90.1 Å². The van der Waals surface area contributed by atoms with Crippen molar-refractivity contribution in [1.82, 2.24) is 4.98 Å². The number of benzene rings is 3. The molecule has 0 aliphatic heterocycles. The van der Waals surface area contributed by atoms with Crippen LogP contribution in [-0.4, -0.2) is 30.7 Å². The van der Waals surface area contributed by atoms with Gasteiger partial charge in [0.25, 0.3) is 0 Å². The largest absolute Gasteiger partial charge is 0.478 e. The van der Waals surface area contributed by atoms with Crippen molar-refractivity contribution in [2.45, 2.75) is 18.6 Å². The molecular formula is C26H23NO4S. The van der Waals surface area contributed by atoms with Crippen LogP contribution in [0.1, 0.15) is 34.5 Å². The highest BCUT2D eigenvalue weighted by Crippen LogP contribution is 2.36. The molecule has 4 aromatic rings. The number of pyridine rings is 1. The number of fused-ring (bicyclic) bond motifs is 1. The minimum atomic E-state index is -3.28. The van der Waals surface area contributed by atoms with Gasteiger partial charge in [-0.2, -0.15) is 0 Å². The topological polar surface area (TPSA) is 84.3 Å². The van der Waals surface area contributed by atoms with Gasteiger partial charge in [0.1, 0.15) is 0 Å². The van der Waals surface area contributed by atoms with Crippen LogP contribution in [0.5, 0.6) is 0 Å². The van der Waals surface area contributed by atoms with Gasteiger partial charge in [0, 0.05) is 23.4 Å². The Morgan fingerprint density at radius 3 is 2.31 bits per heavy atom. The first kappa shape index (κ1) is 21.7. The van der Waals surface area contributed by atoms with E-state index in [9.17, 15) is 18.3 Å². The van der Waals surface area contributed by atoms with Gasteiger partial charge < -0.3 is 5.11 Å². The van der Waals surface area contributed by atoms with Crippen LogP contribution < -0.4 is 0 Å². The Bertz CT molecular complexity index is 1430. The van der Waals surface area contributed by atoms with Crippen molar-refractivity contribution >= 4 is 26.7 Å². The maximum atomic E-state index is 12.4. The number of sulfone groups is 1. The number of carboxylic acids is 1. The van der Waals surface area contributed by atoms with E-state index in [1.807, 2.05) is 61.5 Å². The van der Waals surface area contributed by atoms with Crippen LogP contribution in [0.2, 0.25) is 0 Å². The average Bonchev–Trinajstić information content (AvgIpc) is 2.78. The van der Waals surface area contributed by atoms with Crippen molar-refractivity contribution in [1.29, 1.82) is 0 Å². The lowest BCUT2D eigenvalue weighted by atomic mass is 9.94. The maximum Gasteiger partial charge on any atom is 0.335 e. The molecule has 1 unspecified atom stereocenters. The van der Waals surface area contributed by atoms with E-state index in [1.54, 1.807) is 24.4 Å². The minimum Gasteiger partial charge on any atom is -0.478 e. The molecule has 0 spiro atoms. The van der Waals surface area contributed by atoms with Gasteiger partial charge in [-0.3, -0.25) is 4.98 Å². The first-order valence-electron chi connectivity index (χ1n) is 10.3. The highest BCUT2D eigenvalue weighted by Gasteiger charge is 2.22. The fourth-order valence-corrected chi connectivity index (χ4v) is 5.34. The SMILES string of the molecule is CCC(c1cc(-c2cccc(-c3cccc(C(=O)O)c3)c2)c2ncccc2c1)S(C)(=O)=O. The molecule has 1 N–H and O–H groups in total. The number of hydrogen-bond donors (Lipinski definition) is 1. The molecule has 0 aliphatic carbocycles. The molecule has 0 amide bonds. The van der Waals surface area contributed by atoms with Gasteiger partial charge in [0.2, 0.25) is 0 Å². The zero-order chi connectivity index (χ0) is 22.9. The highest BCUT2D eigenvalue weighted by atomic mass is 32.2. The molecule has 0 aliphatic rings. The third-order valence-corrected chi connectivity index (χ3v) is 7.24. The zero-order valence-corrected chi connectivity index (χ0v) is 18.6. The molecule has 162 valence electrons. The van der Waals surface area contributed by atoms with E-state index in [2.05, 4.69) is 4.98 Å². The molecule has 1 atom stereocenters. The van der Waals surface area contributed by atoms with Gasteiger partial charge in [-0.25, -0.2) is 13.2 Å². The summed E-state index contributed by atoms with van der Waals surface area (Å²) in [6.07, 6.45) is 3.47. The summed E-state index contributed by atoms with van der Waals surface area (Å²) in [5.41, 5.74) is 5.15. The molecule has 5 nitrogen and oxygen atoms in total. The van der Waals surface area contributed by atoms with Crippen LogP contribution in [-0.2, 0) is 9.84 Å². The predicted molar refractivity (Wildman–Crippen MR) is 127 cm³/mol. The second-order valence-electron chi connectivity index (χ2n) is 7.84. The molecule has 6 heteroatoms. The monoisotopic (exact) mass is 445 g/mol. The minimum absolute atomic E-state index is 0.223. The molecule has 0 bridgehead atoms. The van der Waals surface area contributed by atoms with E-state index in [0.29, 0.717) is 6.42 Å². The molecule has 3 aromatic carbocycles. The van der Waals surface area contributed by atoms with Gasteiger partial charge in [0.05, 0.1) is 16.3 Å². The molecule has 4 rings (SSSR count). The van der Waals surface area contributed by atoms with Crippen molar-refractivity contribution in [2.24, 2.45) is 0 Å². The number of rotatable bonds is 6. The summed E-state index contributed by atoms with van der Waals surface area (Å²) in [6, 6.07) is 22.2. The van der Waals surface area contributed by atoms with Gasteiger partial charge in [-0.05, 0) is 65.1 Å². The van der Waals surface area contributed by atoms with Crippen molar-refractivity contribution in [3.8, 4) is 22.3 Å². The van der Waals surface area contributed by atoms with E-state index >= 15 is 0 Å². The molecule has 1 heterocycles. The van der Waals surface area contributed by atoms with Crippen LogP contribution in [0.4, 0.5) is 0 Å². The Morgan fingerprint density at radius 2 is 1.62 bits per heavy atom. The summed E-state index contributed by atoms with van der Waals surface area (Å²) < 4.78 is 24.8. The van der Waals surface area contributed by atoms with E-state index in [0.717, 1.165) is 38.7 Å². The number of hydrogen-bond acceptors (Lipinski definition) is 4. The molecule has 0 fully saturated rings. The van der Waals surface area contributed by atoms with Crippen LogP contribution in [0, 0.1) is 0 Å².